The molecule has 10 rings (SSSR count). The zero-order valence-electron chi connectivity index (χ0n) is 28.4. The Bertz CT molecular complexity index is 2930. The van der Waals surface area contributed by atoms with Gasteiger partial charge in [0.1, 0.15) is 0 Å². The third kappa shape index (κ3) is 5.30. The van der Waals surface area contributed by atoms with Gasteiger partial charge in [0.25, 0.3) is 0 Å². The molecule has 0 radical (unpaired) electrons. The van der Waals surface area contributed by atoms with Crippen molar-refractivity contribution < 1.29 is 0 Å². The Labute approximate surface area is 302 Å². The number of nitrogens with zero attached hydrogens (tertiary/aromatic N) is 2. The van der Waals surface area contributed by atoms with Crippen molar-refractivity contribution in [2.24, 2.45) is 0 Å². The van der Waals surface area contributed by atoms with E-state index in [2.05, 4.69) is 170 Å². The van der Waals surface area contributed by atoms with Gasteiger partial charge in [0.2, 0.25) is 0 Å². The normalized spacial score (nSPS) is 11.5. The van der Waals surface area contributed by atoms with Crippen LogP contribution in [0.3, 0.4) is 0 Å². The first-order valence-corrected chi connectivity index (χ1v) is 17.7. The molecule has 1 heterocycles. The van der Waals surface area contributed by atoms with Gasteiger partial charge < -0.3 is 0 Å². The Balaban J connectivity index is 1.05. The van der Waals surface area contributed by atoms with Gasteiger partial charge in [-0.05, 0) is 102 Å². The van der Waals surface area contributed by atoms with E-state index in [0.717, 1.165) is 44.7 Å². The number of fused-ring (bicyclic) bond motifs is 5. The Hall–Kier alpha value is -6.90. The standard InChI is InChI=1S/C50H32N2/c1-4-12-33(13-5-1)45-30-36-18-10-11-19-37(36)31-46(45)42-23-26-44-41(29-42)21-20-40-28-38(22-25-43(40)44)39-24-27-47-48(32-39)52-50(35-16-8-3-9-17-35)49(51-47)34-14-6-2-7-15-34/h1-32H. The summed E-state index contributed by atoms with van der Waals surface area (Å²) in [7, 11) is 0. The number of aromatic nitrogens is 2. The van der Waals surface area contributed by atoms with Gasteiger partial charge >= 0.3 is 0 Å². The average molecular weight is 661 g/mol. The highest BCUT2D eigenvalue weighted by molar-refractivity contribution is 6.10. The summed E-state index contributed by atoms with van der Waals surface area (Å²) in [5, 5.41) is 7.43. The molecule has 1 aromatic heterocycles. The summed E-state index contributed by atoms with van der Waals surface area (Å²) in [6.07, 6.45) is 0. The first-order valence-electron chi connectivity index (χ1n) is 17.7. The van der Waals surface area contributed by atoms with Gasteiger partial charge in [0, 0.05) is 11.1 Å². The van der Waals surface area contributed by atoms with E-state index in [1.54, 1.807) is 0 Å². The summed E-state index contributed by atoms with van der Waals surface area (Å²) >= 11 is 0. The maximum absolute atomic E-state index is 5.22. The van der Waals surface area contributed by atoms with Crippen LogP contribution in [0.15, 0.2) is 194 Å². The molecule has 0 atom stereocenters. The second kappa shape index (κ2) is 12.5. The van der Waals surface area contributed by atoms with Crippen LogP contribution in [0.2, 0.25) is 0 Å². The zero-order chi connectivity index (χ0) is 34.4. The third-order valence-electron chi connectivity index (χ3n) is 10.2. The molecule has 0 saturated carbocycles. The summed E-state index contributed by atoms with van der Waals surface area (Å²) in [6, 6.07) is 69.3. The molecule has 0 amide bonds. The molecule has 0 unspecified atom stereocenters. The van der Waals surface area contributed by atoms with Gasteiger partial charge in [0.15, 0.2) is 0 Å². The fourth-order valence-electron chi connectivity index (χ4n) is 7.58. The van der Waals surface area contributed by atoms with E-state index in [0.29, 0.717) is 0 Å². The smallest absolute Gasteiger partial charge is 0.0973 e. The van der Waals surface area contributed by atoms with Crippen LogP contribution in [0, 0.1) is 0 Å². The van der Waals surface area contributed by atoms with Crippen molar-refractivity contribution in [2.45, 2.75) is 0 Å². The monoisotopic (exact) mass is 660 g/mol. The second-order valence-corrected chi connectivity index (χ2v) is 13.4. The molecule has 10 aromatic rings. The number of rotatable bonds is 5. The summed E-state index contributed by atoms with van der Waals surface area (Å²) in [4.78, 5) is 10.4. The van der Waals surface area contributed by atoms with Crippen LogP contribution < -0.4 is 0 Å². The molecule has 0 aliphatic heterocycles. The molecule has 2 nitrogen and oxygen atoms in total. The third-order valence-corrected chi connectivity index (χ3v) is 10.2. The van der Waals surface area contributed by atoms with E-state index in [1.165, 1.54) is 54.6 Å². The quantitative estimate of drug-likeness (QED) is 0.172. The molecule has 0 N–H and O–H groups in total. The fourth-order valence-corrected chi connectivity index (χ4v) is 7.58. The first-order chi connectivity index (χ1) is 25.7. The highest BCUT2D eigenvalue weighted by atomic mass is 14.8. The fraction of sp³-hybridized carbons (Fsp3) is 0. The van der Waals surface area contributed by atoms with Crippen LogP contribution in [-0.4, -0.2) is 9.97 Å². The van der Waals surface area contributed by atoms with E-state index in [9.17, 15) is 0 Å². The summed E-state index contributed by atoms with van der Waals surface area (Å²) in [5.41, 5.74) is 12.9. The van der Waals surface area contributed by atoms with Crippen molar-refractivity contribution in [1.29, 1.82) is 0 Å². The van der Waals surface area contributed by atoms with Crippen LogP contribution in [0.1, 0.15) is 0 Å². The van der Waals surface area contributed by atoms with Crippen LogP contribution in [-0.2, 0) is 0 Å². The zero-order valence-corrected chi connectivity index (χ0v) is 28.4. The van der Waals surface area contributed by atoms with Crippen LogP contribution in [0.5, 0.6) is 0 Å². The predicted molar refractivity (Wildman–Crippen MR) is 219 cm³/mol. The molecule has 2 heteroatoms. The summed E-state index contributed by atoms with van der Waals surface area (Å²) in [5.74, 6) is 0. The van der Waals surface area contributed by atoms with Crippen molar-refractivity contribution in [3.05, 3.63) is 194 Å². The highest BCUT2D eigenvalue weighted by Gasteiger charge is 2.15. The lowest BCUT2D eigenvalue weighted by Crippen LogP contribution is -1.95. The topological polar surface area (TPSA) is 25.8 Å². The lowest BCUT2D eigenvalue weighted by Gasteiger charge is -2.14. The number of hydrogen-bond donors (Lipinski definition) is 0. The molecule has 0 fully saturated rings. The Kier molecular flexibility index (Phi) is 7.18. The molecule has 0 bridgehead atoms. The Morgan fingerprint density at radius 2 is 0.692 bits per heavy atom. The van der Waals surface area contributed by atoms with Gasteiger partial charge in [0.05, 0.1) is 22.4 Å². The summed E-state index contributed by atoms with van der Waals surface area (Å²) < 4.78 is 0. The van der Waals surface area contributed by atoms with Crippen LogP contribution in [0.4, 0.5) is 0 Å². The lowest BCUT2D eigenvalue weighted by molar-refractivity contribution is 1.29. The largest absolute Gasteiger partial charge is 0.244 e. The maximum Gasteiger partial charge on any atom is 0.0973 e. The number of benzene rings is 9. The summed E-state index contributed by atoms with van der Waals surface area (Å²) in [6.45, 7) is 0. The second-order valence-electron chi connectivity index (χ2n) is 13.4. The van der Waals surface area contributed by atoms with Crippen LogP contribution >= 0.6 is 0 Å². The SMILES string of the molecule is c1ccc(-c2cc3ccccc3cc2-c2ccc3c(ccc4cc(-c5ccc6nc(-c7ccccc7)c(-c7ccccc7)nc6c5)ccc43)c2)cc1. The van der Waals surface area contributed by atoms with E-state index < -0.39 is 0 Å². The molecule has 0 aliphatic carbocycles. The van der Waals surface area contributed by atoms with Gasteiger partial charge in [-0.1, -0.05) is 158 Å². The van der Waals surface area contributed by atoms with Crippen molar-refractivity contribution in [2.75, 3.05) is 0 Å². The number of hydrogen-bond acceptors (Lipinski definition) is 2. The Morgan fingerprint density at radius 3 is 1.29 bits per heavy atom. The maximum atomic E-state index is 5.22. The van der Waals surface area contributed by atoms with Gasteiger partial charge in [-0.15, -0.1) is 0 Å². The molecular weight excluding hydrogens is 629 g/mol. The minimum atomic E-state index is 0.880. The highest BCUT2D eigenvalue weighted by Crippen LogP contribution is 2.39. The molecule has 0 spiro atoms. The van der Waals surface area contributed by atoms with Gasteiger partial charge in [-0.2, -0.15) is 0 Å². The van der Waals surface area contributed by atoms with Crippen molar-refractivity contribution in [3.8, 4) is 55.9 Å². The van der Waals surface area contributed by atoms with E-state index in [4.69, 9.17) is 9.97 Å². The lowest BCUT2D eigenvalue weighted by atomic mass is 9.90. The van der Waals surface area contributed by atoms with E-state index in [1.807, 2.05) is 24.3 Å². The average Bonchev–Trinajstić information content (AvgIpc) is 3.23. The Morgan fingerprint density at radius 1 is 0.250 bits per heavy atom. The van der Waals surface area contributed by atoms with Crippen molar-refractivity contribution in [3.63, 3.8) is 0 Å². The van der Waals surface area contributed by atoms with Gasteiger partial charge in [-0.3, -0.25) is 0 Å². The van der Waals surface area contributed by atoms with E-state index >= 15 is 0 Å². The molecule has 242 valence electrons. The minimum absolute atomic E-state index is 0.880. The first kappa shape index (κ1) is 30.0. The van der Waals surface area contributed by atoms with Crippen molar-refractivity contribution >= 4 is 43.4 Å². The molecule has 0 saturated heterocycles. The molecule has 52 heavy (non-hydrogen) atoms. The minimum Gasteiger partial charge on any atom is -0.244 e. The molecule has 9 aromatic carbocycles. The van der Waals surface area contributed by atoms with Crippen LogP contribution in [0.25, 0.3) is 99.2 Å². The molecule has 0 aliphatic rings. The van der Waals surface area contributed by atoms with Crippen molar-refractivity contribution in [1.82, 2.24) is 9.97 Å². The van der Waals surface area contributed by atoms with Gasteiger partial charge in [-0.25, -0.2) is 9.97 Å². The van der Waals surface area contributed by atoms with E-state index in [-0.39, 0.29) is 0 Å². The molecular formula is C50H32N2. The predicted octanol–water partition coefficient (Wildman–Crippen LogP) is 13.4.